The largest absolute Gasteiger partial charge is 0.387 e. The van der Waals surface area contributed by atoms with E-state index in [1.165, 1.54) is 0 Å². The Labute approximate surface area is 110 Å². The van der Waals surface area contributed by atoms with E-state index in [9.17, 15) is 9.59 Å². The monoisotopic (exact) mass is 250 g/mol. The Hall–Kier alpha value is -2.16. The van der Waals surface area contributed by atoms with E-state index < -0.39 is 11.9 Å². The van der Waals surface area contributed by atoms with Crippen molar-refractivity contribution in [2.75, 3.05) is 0 Å². The normalized spacial score (nSPS) is 11.0. The van der Waals surface area contributed by atoms with E-state index in [0.717, 1.165) is 18.6 Å². The number of hydrogen-bond donors (Lipinski definition) is 0. The lowest BCUT2D eigenvalue weighted by molar-refractivity contribution is -0.150. The van der Waals surface area contributed by atoms with E-state index in [0.29, 0.717) is 0 Å². The molecule has 1 aliphatic heterocycles. The van der Waals surface area contributed by atoms with Gasteiger partial charge in [-0.2, -0.15) is 0 Å². The molecule has 3 nitrogen and oxygen atoms in total. The van der Waals surface area contributed by atoms with Crippen molar-refractivity contribution in [3.8, 4) is 0 Å². The number of carbonyl (C=O) groups excluding carboxylic acids is 2. The second kappa shape index (κ2) is 20.3. The first kappa shape index (κ1) is 21.2. The van der Waals surface area contributed by atoms with Gasteiger partial charge in [-0.3, -0.25) is 0 Å². The van der Waals surface area contributed by atoms with Gasteiger partial charge in [0.2, 0.25) is 0 Å². The zero-order valence-electron chi connectivity index (χ0n) is 11.2. The van der Waals surface area contributed by atoms with Gasteiger partial charge in [-0.1, -0.05) is 37.8 Å². The quantitative estimate of drug-likeness (QED) is 0.324. The molecular weight excluding hydrogens is 228 g/mol. The van der Waals surface area contributed by atoms with Crippen LogP contribution in [0.15, 0.2) is 62.8 Å². The molecule has 1 aliphatic rings. The van der Waals surface area contributed by atoms with Crippen molar-refractivity contribution in [3.63, 3.8) is 0 Å². The van der Waals surface area contributed by atoms with Crippen molar-refractivity contribution in [1.82, 2.24) is 0 Å². The summed E-state index contributed by atoms with van der Waals surface area (Å²) < 4.78 is 3.97. The van der Waals surface area contributed by atoms with Crippen molar-refractivity contribution in [1.29, 1.82) is 0 Å². The molecule has 0 amide bonds. The number of rotatable bonds is 2. The molecule has 0 radical (unpaired) electrons. The summed E-state index contributed by atoms with van der Waals surface area (Å²) in [6, 6.07) is 0. The fourth-order valence-electron chi connectivity index (χ4n) is 0.536. The van der Waals surface area contributed by atoms with Crippen molar-refractivity contribution >= 4 is 11.9 Å². The van der Waals surface area contributed by atoms with E-state index in [4.69, 9.17) is 0 Å². The van der Waals surface area contributed by atoms with Gasteiger partial charge in [0.1, 0.15) is 0 Å². The molecule has 0 aromatic carbocycles. The minimum atomic E-state index is -0.579. The predicted octanol–water partition coefficient (Wildman–Crippen LogP) is 3.76. The molecule has 0 N–H and O–H groups in total. The Bertz CT molecular complexity index is 283. The van der Waals surface area contributed by atoms with Gasteiger partial charge < -0.3 is 4.74 Å². The topological polar surface area (TPSA) is 43.4 Å². The standard InChI is InChI=1S/C6H10.C4H2O3.C3H6.C2H4/c1-3-5-6-4-2;5-3-1-2-4(6)7-3;1-3-2;1-2/h3,5-6H,1,4H2,2H3;1-2H;3H,1H2,2H3;1-2H2. The van der Waals surface area contributed by atoms with Gasteiger partial charge in [0.25, 0.3) is 0 Å². The fourth-order valence-corrected chi connectivity index (χ4v) is 0.536. The molecule has 0 fully saturated rings. The fraction of sp³-hybridized carbons (Fsp3) is 0.200. The van der Waals surface area contributed by atoms with E-state index in [1.807, 2.05) is 13.0 Å². The van der Waals surface area contributed by atoms with E-state index in [1.54, 1.807) is 12.2 Å². The summed E-state index contributed by atoms with van der Waals surface area (Å²) >= 11 is 0. The summed E-state index contributed by atoms with van der Waals surface area (Å²) in [5, 5.41) is 0. The third-order valence-electron chi connectivity index (χ3n) is 1.06. The molecule has 0 bridgehead atoms. The number of ether oxygens (including phenoxy) is 1. The Kier molecular flexibility index (Phi) is 23.8. The second-order valence-electron chi connectivity index (χ2n) is 2.55. The first-order chi connectivity index (χ1) is 8.62. The summed E-state index contributed by atoms with van der Waals surface area (Å²) in [6.45, 7) is 16.9. The molecule has 0 aromatic rings. The number of cyclic esters (lactones) is 2. The van der Waals surface area contributed by atoms with Gasteiger partial charge in [0, 0.05) is 12.2 Å². The van der Waals surface area contributed by atoms with Gasteiger partial charge >= 0.3 is 11.9 Å². The highest BCUT2D eigenvalue weighted by atomic mass is 16.6. The highest BCUT2D eigenvalue weighted by molar-refractivity contribution is 6.04. The molecular formula is C15H22O3. The zero-order chi connectivity index (χ0) is 14.8. The lowest BCUT2D eigenvalue weighted by Gasteiger charge is -1.80. The highest BCUT2D eigenvalue weighted by Crippen LogP contribution is 1.92. The summed E-state index contributed by atoms with van der Waals surface area (Å²) in [5.41, 5.74) is 0. The zero-order valence-corrected chi connectivity index (χ0v) is 11.2. The Morgan fingerprint density at radius 1 is 1.17 bits per heavy atom. The number of carbonyl (C=O) groups is 2. The van der Waals surface area contributed by atoms with Crippen molar-refractivity contribution in [3.05, 3.63) is 62.8 Å². The molecule has 0 aromatic heterocycles. The molecule has 0 saturated heterocycles. The lowest BCUT2D eigenvalue weighted by atomic mass is 10.4. The lowest BCUT2D eigenvalue weighted by Crippen LogP contribution is -1.96. The molecule has 18 heavy (non-hydrogen) atoms. The first-order valence-electron chi connectivity index (χ1n) is 5.40. The third-order valence-corrected chi connectivity index (χ3v) is 1.06. The number of esters is 2. The molecule has 3 heteroatoms. The summed E-state index contributed by atoms with van der Waals surface area (Å²) in [4.78, 5) is 19.8. The Morgan fingerprint density at radius 3 is 1.67 bits per heavy atom. The minimum absolute atomic E-state index is 0.579. The van der Waals surface area contributed by atoms with Gasteiger partial charge in [-0.25, -0.2) is 9.59 Å². The van der Waals surface area contributed by atoms with Crippen molar-refractivity contribution < 1.29 is 14.3 Å². The van der Waals surface area contributed by atoms with Crippen LogP contribution in [0.5, 0.6) is 0 Å². The third kappa shape index (κ3) is 23.6. The molecule has 1 rings (SSSR count). The first-order valence-corrected chi connectivity index (χ1v) is 5.40. The van der Waals surface area contributed by atoms with Crippen LogP contribution >= 0.6 is 0 Å². The van der Waals surface area contributed by atoms with Crippen LogP contribution in [0.2, 0.25) is 0 Å². The summed E-state index contributed by atoms with van der Waals surface area (Å²) in [6.07, 6.45) is 10.8. The van der Waals surface area contributed by atoms with Crippen molar-refractivity contribution in [2.45, 2.75) is 20.3 Å². The van der Waals surface area contributed by atoms with Gasteiger partial charge in [0.05, 0.1) is 0 Å². The molecule has 0 saturated carbocycles. The van der Waals surface area contributed by atoms with E-state index in [2.05, 4.69) is 44.1 Å². The molecule has 0 atom stereocenters. The average molecular weight is 250 g/mol. The van der Waals surface area contributed by atoms with Gasteiger partial charge in [-0.05, 0) is 13.3 Å². The van der Waals surface area contributed by atoms with Gasteiger partial charge in [-0.15, -0.1) is 19.7 Å². The molecule has 0 spiro atoms. The number of hydrogen-bond acceptors (Lipinski definition) is 3. The second-order valence-corrected chi connectivity index (χ2v) is 2.55. The molecule has 100 valence electrons. The van der Waals surface area contributed by atoms with Crippen LogP contribution in [0.25, 0.3) is 0 Å². The van der Waals surface area contributed by atoms with Crippen LogP contribution < -0.4 is 0 Å². The summed E-state index contributed by atoms with van der Waals surface area (Å²) in [7, 11) is 0. The number of allylic oxidation sites excluding steroid dienone is 4. The van der Waals surface area contributed by atoms with E-state index >= 15 is 0 Å². The molecule has 0 aliphatic carbocycles. The molecule has 0 unspecified atom stereocenters. The SMILES string of the molecule is C=C.C=CC.C=CC=CCC.O=C1C=CC(=O)O1. The molecule has 1 heterocycles. The predicted molar refractivity (Wildman–Crippen MR) is 77.0 cm³/mol. The Morgan fingerprint density at radius 2 is 1.56 bits per heavy atom. The Balaban J connectivity index is -0.000000187. The smallest absolute Gasteiger partial charge is 0.338 e. The maximum absolute atomic E-state index is 9.92. The highest BCUT2D eigenvalue weighted by Gasteiger charge is 2.10. The van der Waals surface area contributed by atoms with Crippen LogP contribution in [-0.4, -0.2) is 11.9 Å². The van der Waals surface area contributed by atoms with Gasteiger partial charge in [0.15, 0.2) is 0 Å². The van der Waals surface area contributed by atoms with Crippen LogP contribution in [0.3, 0.4) is 0 Å². The summed E-state index contributed by atoms with van der Waals surface area (Å²) in [5.74, 6) is -1.16. The van der Waals surface area contributed by atoms with Crippen LogP contribution in [-0.2, 0) is 14.3 Å². The van der Waals surface area contributed by atoms with E-state index in [-0.39, 0.29) is 0 Å². The maximum atomic E-state index is 9.92. The van der Waals surface area contributed by atoms with Crippen LogP contribution in [0.1, 0.15) is 20.3 Å². The van der Waals surface area contributed by atoms with Crippen LogP contribution in [0.4, 0.5) is 0 Å². The maximum Gasteiger partial charge on any atom is 0.338 e. The van der Waals surface area contributed by atoms with Crippen molar-refractivity contribution in [2.24, 2.45) is 0 Å². The van der Waals surface area contributed by atoms with Crippen LogP contribution in [0, 0.1) is 0 Å². The minimum Gasteiger partial charge on any atom is -0.387 e. The average Bonchev–Trinajstić information content (AvgIpc) is 2.75.